The van der Waals surface area contributed by atoms with Gasteiger partial charge in [-0.2, -0.15) is 0 Å². The van der Waals surface area contributed by atoms with Crippen LogP contribution in [0.1, 0.15) is 24.5 Å². The molecule has 3 rings (SSSR count). The van der Waals surface area contributed by atoms with Crippen molar-refractivity contribution in [3.05, 3.63) is 29.5 Å². The highest BCUT2D eigenvalue weighted by atomic mass is 35.5. The first kappa shape index (κ1) is 19.6. The molecule has 138 valence electrons. The van der Waals surface area contributed by atoms with E-state index in [1.54, 1.807) is 14.0 Å². The van der Waals surface area contributed by atoms with Crippen molar-refractivity contribution >= 4 is 16.9 Å². The second kappa shape index (κ2) is 8.56. The number of benzene rings is 1. The van der Waals surface area contributed by atoms with Gasteiger partial charge in [-0.25, -0.2) is 4.79 Å². The lowest BCUT2D eigenvalue weighted by Crippen LogP contribution is -3.00. The molecule has 25 heavy (non-hydrogen) atoms. The number of carbonyl (C=O) groups is 1. The highest BCUT2D eigenvalue weighted by molar-refractivity contribution is 6.05. The van der Waals surface area contributed by atoms with Crippen LogP contribution in [0.25, 0.3) is 11.0 Å². The van der Waals surface area contributed by atoms with Gasteiger partial charge in [0, 0.05) is 31.6 Å². The van der Waals surface area contributed by atoms with Gasteiger partial charge >= 0.3 is 7.40 Å². The third-order valence-electron chi connectivity index (χ3n) is 4.41. The van der Waals surface area contributed by atoms with Crippen molar-refractivity contribution in [1.82, 2.24) is 9.80 Å². The Labute approximate surface area is 155 Å². The molecule has 0 saturated carbocycles. The third kappa shape index (κ3) is 4.26. The van der Waals surface area contributed by atoms with Gasteiger partial charge in [0.05, 0.1) is 20.3 Å². The van der Waals surface area contributed by atoms with Gasteiger partial charge in [0.1, 0.15) is 22.7 Å². The first-order valence-corrected chi connectivity index (χ1v) is 8.29. The molecule has 0 atom stereocenters. The number of carbonyl (C=O) groups excluding carboxylic acids is 1. The summed E-state index contributed by atoms with van der Waals surface area (Å²) in [5.41, 5.74) is 1.20. The number of hydrogen-bond donors (Lipinski definition) is 0. The van der Waals surface area contributed by atoms with E-state index in [0.29, 0.717) is 35.8 Å². The number of piperazine rings is 1. The Hall–Kier alpha value is -1.76. The molecule has 0 aliphatic carbocycles. The van der Waals surface area contributed by atoms with Crippen LogP contribution < -0.4 is 17.1 Å². The molecule has 7 heteroatoms. The molecular formula is C18H25ClN2O4. The maximum Gasteiger partial charge on any atom is 1.00 e. The van der Waals surface area contributed by atoms with Crippen LogP contribution in [0.5, 0.6) is 5.75 Å². The Kier molecular flexibility index (Phi) is 6.70. The summed E-state index contributed by atoms with van der Waals surface area (Å²) in [6, 6.07) is 5.50. The quantitative estimate of drug-likeness (QED) is 0.662. The lowest BCUT2D eigenvalue weighted by molar-refractivity contribution is -0.0000247. The van der Waals surface area contributed by atoms with Crippen LogP contribution in [-0.4, -0.2) is 62.7 Å². The smallest absolute Gasteiger partial charge is 1.00 e. The first-order chi connectivity index (χ1) is 11.6. The van der Waals surface area contributed by atoms with Crippen molar-refractivity contribution in [3.63, 3.8) is 0 Å². The van der Waals surface area contributed by atoms with Crippen LogP contribution in [-0.2, 0) is 11.3 Å². The van der Waals surface area contributed by atoms with Crippen LogP contribution in [0, 0.1) is 0 Å². The van der Waals surface area contributed by atoms with Gasteiger partial charge in [0.2, 0.25) is 0 Å². The minimum atomic E-state index is -0.339. The van der Waals surface area contributed by atoms with E-state index in [2.05, 4.69) is 16.8 Å². The third-order valence-corrected chi connectivity index (χ3v) is 4.41. The monoisotopic (exact) mass is 368 g/mol. The average molecular weight is 369 g/mol. The highest BCUT2D eigenvalue weighted by Crippen LogP contribution is 2.31. The number of likely N-dealkylation sites (N-methyl/N-ethyl adjacent to an activating group) is 1. The normalized spacial score (nSPS) is 15.8. The number of methoxy groups -OCH3 is 1. The summed E-state index contributed by atoms with van der Waals surface area (Å²) >= 11 is 0. The molecule has 2 aromatic rings. The fourth-order valence-corrected chi connectivity index (χ4v) is 3.00. The lowest BCUT2D eigenvalue weighted by atomic mass is 10.1. The van der Waals surface area contributed by atoms with Gasteiger partial charge in [-0.15, -0.1) is 0 Å². The van der Waals surface area contributed by atoms with Gasteiger partial charge < -0.3 is 31.2 Å². The predicted octanol–water partition coefficient (Wildman–Crippen LogP) is -0.518. The Bertz CT molecular complexity index is 729. The van der Waals surface area contributed by atoms with E-state index in [0.717, 1.165) is 31.6 Å². The molecule has 0 spiro atoms. The van der Waals surface area contributed by atoms with Crippen LogP contribution in [0.2, 0.25) is 0 Å². The summed E-state index contributed by atoms with van der Waals surface area (Å²) in [5, 5.41) is 0.747. The number of ether oxygens (including phenoxy) is 2. The molecule has 1 aliphatic rings. The number of halogens is 1. The Morgan fingerprint density at radius 3 is 2.64 bits per heavy atom. The first-order valence-electron chi connectivity index (χ1n) is 8.29. The van der Waals surface area contributed by atoms with Crippen LogP contribution >= 0.6 is 0 Å². The zero-order valence-corrected chi connectivity index (χ0v) is 15.6. The van der Waals surface area contributed by atoms with Gasteiger partial charge in [-0.1, -0.05) is 0 Å². The minimum absolute atomic E-state index is 0. The average Bonchev–Trinajstić information content (AvgIpc) is 2.94. The van der Waals surface area contributed by atoms with Crippen LogP contribution in [0.15, 0.2) is 22.6 Å². The maximum atomic E-state index is 12.5. The van der Waals surface area contributed by atoms with Gasteiger partial charge in [-0.3, -0.25) is 4.90 Å². The number of nitrogens with zero attached hydrogens (tertiary/aromatic N) is 2. The molecule has 0 amide bonds. The number of esters is 1. The van der Waals surface area contributed by atoms with E-state index < -0.39 is 0 Å². The summed E-state index contributed by atoms with van der Waals surface area (Å²) in [6.45, 7) is 6.70. The molecule has 2 heterocycles. The molecule has 0 N–H and O–H groups in total. The van der Waals surface area contributed by atoms with Gasteiger partial charge in [0.15, 0.2) is 0 Å². The predicted molar refractivity (Wildman–Crippen MR) is 92.6 cm³/mol. The van der Waals surface area contributed by atoms with Gasteiger partial charge in [0.25, 0.3) is 0 Å². The Balaban J connectivity index is 0.00000169. The molecule has 1 aromatic heterocycles. The van der Waals surface area contributed by atoms with Crippen molar-refractivity contribution in [2.45, 2.75) is 13.5 Å². The van der Waals surface area contributed by atoms with Crippen molar-refractivity contribution < 1.29 is 32.5 Å². The van der Waals surface area contributed by atoms with E-state index in [1.807, 2.05) is 18.2 Å². The topological polar surface area (TPSA) is 55.2 Å². The molecule has 1 aromatic carbocycles. The zero-order valence-electron chi connectivity index (χ0n) is 15.9. The summed E-state index contributed by atoms with van der Waals surface area (Å²) in [4.78, 5) is 17.1. The van der Waals surface area contributed by atoms with Crippen molar-refractivity contribution in [2.75, 3.05) is 46.9 Å². The fourth-order valence-electron chi connectivity index (χ4n) is 3.00. The van der Waals surface area contributed by atoms with Gasteiger partial charge in [-0.05, 0) is 32.2 Å². The van der Waals surface area contributed by atoms with Crippen molar-refractivity contribution in [3.8, 4) is 5.75 Å². The van der Waals surface area contributed by atoms with Crippen LogP contribution in [0.4, 0.5) is 0 Å². The lowest BCUT2D eigenvalue weighted by Gasteiger charge is -2.31. The van der Waals surface area contributed by atoms with Crippen LogP contribution in [0.3, 0.4) is 0 Å². The van der Waals surface area contributed by atoms with E-state index in [9.17, 15) is 4.79 Å². The molecule has 0 unspecified atom stereocenters. The summed E-state index contributed by atoms with van der Waals surface area (Å²) in [7, 11) is 3.73. The van der Waals surface area contributed by atoms with Crippen molar-refractivity contribution in [1.29, 1.82) is 0 Å². The van der Waals surface area contributed by atoms with E-state index in [-0.39, 0.29) is 19.8 Å². The molecule has 1 aliphatic heterocycles. The van der Waals surface area contributed by atoms with E-state index in [4.69, 9.17) is 13.9 Å². The maximum absolute atomic E-state index is 12.5. The molecule has 0 bridgehead atoms. The zero-order chi connectivity index (χ0) is 17.1. The summed E-state index contributed by atoms with van der Waals surface area (Å²) < 4.78 is 16.5. The second-order valence-electron chi connectivity index (χ2n) is 6.06. The molecule has 6 nitrogen and oxygen atoms in total. The highest BCUT2D eigenvalue weighted by Gasteiger charge is 2.25. The fraction of sp³-hybridized carbons (Fsp3) is 0.500. The Morgan fingerprint density at radius 2 is 2.00 bits per heavy atom. The molecule has 1 saturated heterocycles. The number of rotatable bonds is 5. The standard InChI is InChI=1S/C18H24N2O4.ClH/c1-4-23-18(21)17-14-11-13(22-3)5-6-15(14)24-16(17)12-20-9-7-19(2)8-10-20;/h5-6,11H,4,7-10,12H2,1-3H3;1H. The van der Waals surface area contributed by atoms with E-state index in [1.165, 1.54) is 0 Å². The molecule has 0 radical (unpaired) electrons. The Morgan fingerprint density at radius 1 is 1.28 bits per heavy atom. The largest absolute Gasteiger partial charge is 1.00 e. The SMILES string of the molecule is CCOC(=O)c1c(CN2CCN(C)CC2)oc2ccc(OC)cc12.[Cl-].[H+]. The summed E-state index contributed by atoms with van der Waals surface area (Å²) in [5.74, 6) is 1.02. The molecular weight excluding hydrogens is 344 g/mol. The van der Waals surface area contributed by atoms with Crippen molar-refractivity contribution in [2.24, 2.45) is 0 Å². The van der Waals surface area contributed by atoms with E-state index >= 15 is 0 Å². The number of fused-ring (bicyclic) bond motifs is 1. The minimum Gasteiger partial charge on any atom is -1.00 e. The second-order valence-corrected chi connectivity index (χ2v) is 6.06. The number of furan rings is 1. The summed E-state index contributed by atoms with van der Waals surface area (Å²) in [6.07, 6.45) is 0. The molecule has 1 fully saturated rings. The number of hydrogen-bond acceptors (Lipinski definition) is 6.